The number of nitrogens with one attached hydrogen (secondary N) is 1. The second-order valence-electron chi connectivity index (χ2n) is 6.16. The van der Waals surface area contributed by atoms with Gasteiger partial charge in [-0.15, -0.1) is 11.3 Å². The van der Waals surface area contributed by atoms with Crippen molar-refractivity contribution in [3.05, 3.63) is 35.0 Å². The molecule has 3 heterocycles. The minimum absolute atomic E-state index is 0.130. The molecule has 3 rings (SSSR count). The molecule has 1 aliphatic rings. The zero-order chi connectivity index (χ0) is 19.2. The largest absolute Gasteiger partial charge is 0.465 e. The van der Waals surface area contributed by atoms with Crippen molar-refractivity contribution in [2.45, 2.75) is 13.3 Å². The average Bonchev–Trinajstić information content (AvgIpc) is 3.11. The Labute approximate surface area is 162 Å². The summed E-state index contributed by atoms with van der Waals surface area (Å²) in [5.74, 6) is 0.154. The van der Waals surface area contributed by atoms with Gasteiger partial charge in [-0.25, -0.2) is 14.8 Å². The lowest BCUT2D eigenvalue weighted by atomic mass is 10.2. The number of methoxy groups -OCH3 is 1. The predicted molar refractivity (Wildman–Crippen MR) is 104 cm³/mol. The van der Waals surface area contributed by atoms with Crippen LogP contribution >= 0.6 is 11.3 Å². The monoisotopic (exact) mass is 389 g/mol. The minimum Gasteiger partial charge on any atom is -0.465 e. The molecule has 1 aliphatic heterocycles. The predicted octanol–water partition coefficient (Wildman–Crippen LogP) is 1.65. The molecular formula is C18H23N5O3S. The van der Waals surface area contributed by atoms with E-state index < -0.39 is 5.97 Å². The highest BCUT2D eigenvalue weighted by molar-refractivity contribution is 7.16. The third-order valence-electron chi connectivity index (χ3n) is 4.36. The maximum Gasteiger partial charge on any atom is 0.340 e. The normalized spacial score (nSPS) is 14.8. The van der Waals surface area contributed by atoms with Crippen molar-refractivity contribution >= 4 is 34.2 Å². The molecular weight excluding hydrogens is 366 g/mol. The van der Waals surface area contributed by atoms with Gasteiger partial charge in [0.25, 0.3) is 0 Å². The molecule has 0 unspecified atom stereocenters. The van der Waals surface area contributed by atoms with Crippen LogP contribution in [0.1, 0.15) is 22.2 Å². The summed E-state index contributed by atoms with van der Waals surface area (Å²) >= 11 is 1.42. The second-order valence-corrected chi connectivity index (χ2v) is 7.30. The molecule has 144 valence electrons. The standard InChI is InChI=1S/C18H23N5O3S/c1-3-13-11-14(17(25)26-2)16(27-13)21-15(24)12-22-7-9-23(10-8-22)18-19-5-4-6-20-18/h4-6,11H,3,7-10,12H2,1-2H3,(H,21,24). The zero-order valence-electron chi connectivity index (χ0n) is 15.5. The maximum atomic E-state index is 12.5. The van der Waals surface area contributed by atoms with E-state index in [0.29, 0.717) is 10.6 Å². The van der Waals surface area contributed by atoms with Gasteiger partial charge >= 0.3 is 5.97 Å². The number of aromatic nitrogens is 2. The molecule has 2 aromatic rings. The van der Waals surface area contributed by atoms with Crippen LogP contribution < -0.4 is 10.2 Å². The van der Waals surface area contributed by atoms with Crippen molar-refractivity contribution in [3.63, 3.8) is 0 Å². The molecule has 0 aliphatic carbocycles. The minimum atomic E-state index is -0.433. The number of piperazine rings is 1. The molecule has 0 aromatic carbocycles. The second kappa shape index (κ2) is 8.92. The van der Waals surface area contributed by atoms with Crippen molar-refractivity contribution in [1.82, 2.24) is 14.9 Å². The highest BCUT2D eigenvalue weighted by Crippen LogP contribution is 2.29. The average molecular weight is 389 g/mol. The molecule has 1 N–H and O–H groups in total. The molecule has 8 nitrogen and oxygen atoms in total. The fourth-order valence-electron chi connectivity index (χ4n) is 2.90. The Kier molecular flexibility index (Phi) is 6.36. The molecule has 9 heteroatoms. The van der Waals surface area contributed by atoms with Gasteiger partial charge in [-0.05, 0) is 18.6 Å². The van der Waals surface area contributed by atoms with Crippen molar-refractivity contribution < 1.29 is 14.3 Å². The highest BCUT2D eigenvalue weighted by Gasteiger charge is 2.22. The number of rotatable bonds is 6. The van der Waals surface area contributed by atoms with Gasteiger partial charge in [-0.1, -0.05) is 6.92 Å². The third-order valence-corrected chi connectivity index (χ3v) is 5.56. The summed E-state index contributed by atoms with van der Waals surface area (Å²) in [7, 11) is 1.34. The molecule has 27 heavy (non-hydrogen) atoms. The summed E-state index contributed by atoms with van der Waals surface area (Å²) in [4.78, 5) is 38.1. The first-order chi connectivity index (χ1) is 13.1. The van der Waals surface area contributed by atoms with Gasteiger partial charge in [0.15, 0.2) is 0 Å². The van der Waals surface area contributed by atoms with E-state index >= 15 is 0 Å². The number of carbonyl (C=O) groups is 2. The smallest absolute Gasteiger partial charge is 0.340 e. The van der Waals surface area contributed by atoms with Gasteiger partial charge in [0.1, 0.15) is 5.00 Å². The van der Waals surface area contributed by atoms with Crippen LogP contribution in [0.3, 0.4) is 0 Å². The topological polar surface area (TPSA) is 87.7 Å². The Morgan fingerprint density at radius 3 is 2.56 bits per heavy atom. The summed E-state index contributed by atoms with van der Waals surface area (Å²) in [6.07, 6.45) is 4.26. The molecule has 0 radical (unpaired) electrons. The number of amides is 1. The van der Waals surface area contributed by atoms with E-state index in [-0.39, 0.29) is 12.5 Å². The number of anilines is 2. The van der Waals surface area contributed by atoms with Crippen molar-refractivity contribution in [2.24, 2.45) is 0 Å². The Balaban J connectivity index is 1.55. The van der Waals surface area contributed by atoms with Crippen LogP contribution in [-0.2, 0) is 16.0 Å². The van der Waals surface area contributed by atoms with Gasteiger partial charge in [0.2, 0.25) is 11.9 Å². The van der Waals surface area contributed by atoms with E-state index in [4.69, 9.17) is 4.74 Å². The quantitative estimate of drug-likeness (QED) is 0.752. The fraction of sp³-hybridized carbons (Fsp3) is 0.444. The summed E-state index contributed by atoms with van der Waals surface area (Å²) in [5.41, 5.74) is 0.416. The number of ether oxygens (including phenoxy) is 1. The molecule has 0 spiro atoms. The van der Waals surface area contributed by atoms with E-state index in [2.05, 4.69) is 25.1 Å². The molecule has 0 atom stereocenters. The lowest BCUT2D eigenvalue weighted by Gasteiger charge is -2.34. The lowest BCUT2D eigenvalue weighted by molar-refractivity contribution is -0.117. The van der Waals surface area contributed by atoms with E-state index in [1.807, 2.05) is 6.92 Å². The summed E-state index contributed by atoms with van der Waals surface area (Å²) in [5, 5.41) is 3.43. The first-order valence-electron chi connectivity index (χ1n) is 8.86. The van der Waals surface area contributed by atoms with Gasteiger partial charge < -0.3 is 15.0 Å². The summed E-state index contributed by atoms with van der Waals surface area (Å²) in [6.45, 7) is 5.33. The summed E-state index contributed by atoms with van der Waals surface area (Å²) in [6, 6.07) is 3.58. The van der Waals surface area contributed by atoms with E-state index in [1.54, 1.807) is 24.5 Å². The molecule has 1 fully saturated rings. The SMILES string of the molecule is CCc1cc(C(=O)OC)c(NC(=O)CN2CCN(c3ncccn3)CC2)s1. The Hall–Kier alpha value is -2.52. The van der Waals surface area contributed by atoms with Crippen molar-refractivity contribution in [3.8, 4) is 0 Å². The van der Waals surface area contributed by atoms with Crippen molar-refractivity contribution in [1.29, 1.82) is 0 Å². The molecule has 1 amide bonds. The Morgan fingerprint density at radius 2 is 1.93 bits per heavy atom. The van der Waals surface area contributed by atoms with Gasteiger partial charge in [-0.2, -0.15) is 0 Å². The van der Waals surface area contributed by atoms with Crippen molar-refractivity contribution in [2.75, 3.05) is 50.1 Å². The number of aryl methyl sites for hydroxylation is 1. The van der Waals surface area contributed by atoms with Crippen LogP contribution in [0, 0.1) is 0 Å². The molecule has 1 saturated heterocycles. The van der Waals surface area contributed by atoms with E-state index in [0.717, 1.165) is 43.4 Å². The number of hydrogen-bond donors (Lipinski definition) is 1. The summed E-state index contributed by atoms with van der Waals surface area (Å²) < 4.78 is 4.81. The van der Waals surface area contributed by atoms with Crippen LogP contribution in [0.5, 0.6) is 0 Å². The number of carbonyl (C=O) groups excluding carboxylic acids is 2. The number of thiophene rings is 1. The molecule has 0 bridgehead atoms. The Morgan fingerprint density at radius 1 is 1.22 bits per heavy atom. The third kappa shape index (κ3) is 4.81. The fourth-order valence-corrected chi connectivity index (χ4v) is 3.90. The van der Waals surface area contributed by atoms with Crippen LogP contribution in [-0.4, -0.2) is 66.6 Å². The van der Waals surface area contributed by atoms with Crippen LogP contribution in [0.4, 0.5) is 10.9 Å². The first kappa shape index (κ1) is 19.2. The van der Waals surface area contributed by atoms with Crippen LogP contribution in [0.2, 0.25) is 0 Å². The Bertz CT molecular complexity index is 788. The van der Waals surface area contributed by atoms with E-state index in [1.165, 1.54) is 18.4 Å². The number of esters is 1. The van der Waals surface area contributed by atoms with Gasteiger partial charge in [0, 0.05) is 43.4 Å². The maximum absolute atomic E-state index is 12.5. The highest BCUT2D eigenvalue weighted by atomic mass is 32.1. The van der Waals surface area contributed by atoms with Crippen LogP contribution in [0.15, 0.2) is 24.5 Å². The van der Waals surface area contributed by atoms with Gasteiger partial charge in [-0.3, -0.25) is 9.69 Å². The van der Waals surface area contributed by atoms with Crippen LogP contribution in [0.25, 0.3) is 0 Å². The zero-order valence-corrected chi connectivity index (χ0v) is 16.3. The number of hydrogen-bond acceptors (Lipinski definition) is 8. The van der Waals surface area contributed by atoms with Gasteiger partial charge in [0.05, 0.1) is 19.2 Å². The number of nitrogens with zero attached hydrogens (tertiary/aromatic N) is 4. The lowest BCUT2D eigenvalue weighted by Crippen LogP contribution is -2.49. The molecule has 0 saturated carbocycles. The van der Waals surface area contributed by atoms with E-state index in [9.17, 15) is 9.59 Å². The molecule has 2 aromatic heterocycles. The first-order valence-corrected chi connectivity index (χ1v) is 9.67.